The number of rotatable bonds is 5. The van der Waals surface area contributed by atoms with E-state index >= 15 is 0 Å². The maximum Gasteiger partial charge on any atom is 0.366 e. The van der Waals surface area contributed by atoms with Crippen molar-refractivity contribution in [2.24, 2.45) is 5.73 Å². The minimum atomic E-state index is -0.832. The molecule has 0 saturated carbocycles. The summed E-state index contributed by atoms with van der Waals surface area (Å²) in [5, 5.41) is 0.905. The Morgan fingerprint density at radius 1 is 1.28 bits per heavy atom. The van der Waals surface area contributed by atoms with E-state index < -0.39 is 11.9 Å². The molecule has 2 N–H and O–H groups in total. The van der Waals surface area contributed by atoms with Gasteiger partial charge in [-0.05, 0) is 12.5 Å². The van der Waals surface area contributed by atoms with E-state index in [0.29, 0.717) is 11.0 Å². The van der Waals surface area contributed by atoms with Crippen molar-refractivity contribution in [2.75, 3.05) is 6.54 Å². The van der Waals surface area contributed by atoms with Crippen molar-refractivity contribution in [3.63, 3.8) is 0 Å². The molecular formula is C17H19ClN4O3. The Morgan fingerprint density at radius 3 is 2.76 bits per heavy atom. The normalized spacial score (nSPS) is 10.6. The number of para-hydroxylation sites is 1. The fourth-order valence-electron chi connectivity index (χ4n) is 2.62. The van der Waals surface area contributed by atoms with E-state index in [4.69, 9.17) is 10.5 Å². The van der Waals surface area contributed by atoms with Crippen LogP contribution >= 0.6 is 12.4 Å². The highest BCUT2D eigenvalue weighted by atomic mass is 35.5. The fourth-order valence-corrected chi connectivity index (χ4v) is 2.62. The molecule has 1 aromatic carbocycles. The molecule has 0 spiro atoms. The Kier molecular flexibility index (Phi) is 6.06. The van der Waals surface area contributed by atoms with Crippen LogP contribution < -0.4 is 5.73 Å². The molecule has 2 aromatic heterocycles. The van der Waals surface area contributed by atoms with E-state index in [1.54, 1.807) is 6.33 Å². The van der Waals surface area contributed by atoms with Crippen LogP contribution in [-0.4, -0.2) is 33.0 Å². The molecule has 0 aliphatic heterocycles. The van der Waals surface area contributed by atoms with E-state index in [0.717, 1.165) is 30.3 Å². The molecular weight excluding hydrogens is 344 g/mol. The van der Waals surface area contributed by atoms with Gasteiger partial charge in [0.2, 0.25) is 0 Å². The molecule has 0 radical (unpaired) electrons. The number of hydrogen-bond donors (Lipinski definition) is 1. The number of nitrogens with zero attached hydrogens (tertiary/aromatic N) is 3. The summed E-state index contributed by atoms with van der Waals surface area (Å²) in [6.07, 6.45) is 3.73. The molecule has 0 unspecified atom stereocenters. The number of unbranched alkanes of at least 4 members (excludes halogenated alkanes) is 1. The Hall–Kier alpha value is -2.51. The van der Waals surface area contributed by atoms with Gasteiger partial charge in [0, 0.05) is 11.9 Å². The van der Waals surface area contributed by atoms with Crippen LogP contribution in [-0.2, 0) is 16.1 Å². The number of carbonyl (C=O) groups excluding carboxylic acids is 2. The molecule has 0 bridgehead atoms. The van der Waals surface area contributed by atoms with Crippen LogP contribution in [0.15, 0.2) is 30.6 Å². The molecule has 3 rings (SSSR count). The number of aromatic nitrogens is 3. The van der Waals surface area contributed by atoms with Crippen LogP contribution in [0.5, 0.6) is 0 Å². The number of hydrogen-bond acceptors (Lipinski definition) is 6. The highest BCUT2D eigenvalue weighted by molar-refractivity contribution is 6.12. The first-order valence-corrected chi connectivity index (χ1v) is 7.84. The van der Waals surface area contributed by atoms with Gasteiger partial charge in [-0.15, -0.1) is 12.4 Å². The largest absolute Gasteiger partial charge is 0.387 e. The van der Waals surface area contributed by atoms with Gasteiger partial charge in [0.15, 0.2) is 5.69 Å². The zero-order valence-corrected chi connectivity index (χ0v) is 14.6. The lowest BCUT2D eigenvalue weighted by Crippen LogP contribution is -2.21. The Morgan fingerprint density at radius 2 is 2.04 bits per heavy atom. The van der Waals surface area contributed by atoms with Gasteiger partial charge in [0.25, 0.3) is 0 Å². The SMILES string of the molecule is CCCCn1cnc2c(C(=O)OC(=O)CN)nc3ccccc3c21.Cl. The molecule has 132 valence electrons. The molecule has 0 aliphatic carbocycles. The van der Waals surface area contributed by atoms with Gasteiger partial charge in [0.05, 0.1) is 23.9 Å². The van der Waals surface area contributed by atoms with Crippen molar-refractivity contribution in [3.8, 4) is 0 Å². The predicted molar refractivity (Wildman–Crippen MR) is 96.7 cm³/mol. The monoisotopic (exact) mass is 362 g/mol. The van der Waals surface area contributed by atoms with Crippen molar-refractivity contribution in [2.45, 2.75) is 26.3 Å². The first kappa shape index (κ1) is 18.8. The number of imidazole rings is 1. The number of carbonyl (C=O) groups is 2. The second kappa shape index (κ2) is 8.04. The van der Waals surface area contributed by atoms with Gasteiger partial charge in [-0.2, -0.15) is 0 Å². The van der Waals surface area contributed by atoms with Gasteiger partial charge in [-0.25, -0.2) is 14.8 Å². The highest BCUT2D eigenvalue weighted by Crippen LogP contribution is 2.26. The van der Waals surface area contributed by atoms with Gasteiger partial charge in [-0.3, -0.25) is 4.79 Å². The molecule has 8 heteroatoms. The summed E-state index contributed by atoms with van der Waals surface area (Å²) < 4.78 is 6.72. The second-order valence-electron chi connectivity index (χ2n) is 5.43. The Balaban J connectivity index is 0.00000225. The summed E-state index contributed by atoms with van der Waals surface area (Å²) >= 11 is 0. The van der Waals surface area contributed by atoms with Gasteiger partial charge >= 0.3 is 11.9 Å². The van der Waals surface area contributed by atoms with Crippen molar-refractivity contribution >= 4 is 46.3 Å². The van der Waals surface area contributed by atoms with E-state index in [1.165, 1.54) is 0 Å². The molecule has 25 heavy (non-hydrogen) atoms. The van der Waals surface area contributed by atoms with E-state index in [-0.39, 0.29) is 24.6 Å². The number of nitrogens with two attached hydrogens (primary N) is 1. The molecule has 0 fully saturated rings. The molecule has 3 aromatic rings. The van der Waals surface area contributed by atoms with E-state index in [9.17, 15) is 9.59 Å². The minimum Gasteiger partial charge on any atom is -0.387 e. The summed E-state index contributed by atoms with van der Waals surface area (Å²) in [6, 6.07) is 7.51. The van der Waals surface area contributed by atoms with Crippen LogP contribution in [0.2, 0.25) is 0 Å². The topological polar surface area (TPSA) is 100 Å². The number of pyridine rings is 1. The maximum absolute atomic E-state index is 12.3. The summed E-state index contributed by atoms with van der Waals surface area (Å²) in [7, 11) is 0. The van der Waals surface area contributed by atoms with E-state index in [1.807, 2.05) is 28.8 Å². The van der Waals surface area contributed by atoms with Crippen molar-refractivity contribution in [3.05, 3.63) is 36.3 Å². The van der Waals surface area contributed by atoms with Crippen molar-refractivity contribution < 1.29 is 14.3 Å². The zero-order chi connectivity index (χ0) is 17.1. The molecule has 0 amide bonds. The maximum atomic E-state index is 12.3. The predicted octanol–water partition coefficient (Wildman–Crippen LogP) is 2.45. The average Bonchev–Trinajstić information content (AvgIpc) is 3.03. The Bertz CT molecular complexity index is 923. The smallest absolute Gasteiger partial charge is 0.366 e. The third-order valence-corrected chi connectivity index (χ3v) is 3.77. The van der Waals surface area contributed by atoms with E-state index in [2.05, 4.69) is 16.9 Å². The second-order valence-corrected chi connectivity index (χ2v) is 5.43. The molecule has 0 aliphatic rings. The number of halogens is 1. The summed E-state index contributed by atoms with van der Waals surface area (Å²) in [4.78, 5) is 32.3. The third-order valence-electron chi connectivity index (χ3n) is 3.77. The fraction of sp³-hybridized carbons (Fsp3) is 0.294. The minimum absolute atomic E-state index is 0. The summed E-state index contributed by atoms with van der Waals surface area (Å²) in [6.45, 7) is 2.53. The van der Waals surface area contributed by atoms with Crippen LogP contribution in [0.4, 0.5) is 0 Å². The summed E-state index contributed by atoms with van der Waals surface area (Å²) in [5.74, 6) is -1.63. The number of fused-ring (bicyclic) bond motifs is 3. The first-order chi connectivity index (χ1) is 11.7. The first-order valence-electron chi connectivity index (χ1n) is 7.84. The molecule has 2 heterocycles. The molecule has 7 nitrogen and oxygen atoms in total. The van der Waals surface area contributed by atoms with Crippen molar-refractivity contribution in [1.29, 1.82) is 0 Å². The number of esters is 2. The molecule has 0 saturated heterocycles. The summed E-state index contributed by atoms with van der Waals surface area (Å²) in [5.41, 5.74) is 7.12. The van der Waals surface area contributed by atoms with Gasteiger partial charge in [-0.1, -0.05) is 31.5 Å². The van der Waals surface area contributed by atoms with Crippen LogP contribution in [0.3, 0.4) is 0 Å². The number of aryl methyl sites for hydroxylation is 1. The highest BCUT2D eigenvalue weighted by Gasteiger charge is 2.21. The molecule has 0 atom stereocenters. The standard InChI is InChI=1S/C17H18N4O3.ClH/c1-2-3-8-21-10-19-14-15(17(23)24-13(22)9-18)20-12-7-5-4-6-11(12)16(14)21;/h4-7,10H,2-3,8-9,18H2,1H3;1H. The lowest BCUT2D eigenvalue weighted by atomic mass is 10.1. The van der Waals surface area contributed by atoms with Gasteiger partial charge in [0.1, 0.15) is 5.52 Å². The Labute approximate surface area is 150 Å². The number of ether oxygens (including phenoxy) is 1. The average molecular weight is 363 g/mol. The van der Waals surface area contributed by atoms with Crippen LogP contribution in [0, 0.1) is 0 Å². The lowest BCUT2D eigenvalue weighted by molar-refractivity contribution is -0.136. The lowest BCUT2D eigenvalue weighted by Gasteiger charge is -2.08. The van der Waals surface area contributed by atoms with Crippen LogP contribution in [0.1, 0.15) is 30.3 Å². The van der Waals surface area contributed by atoms with Crippen LogP contribution in [0.25, 0.3) is 21.9 Å². The number of benzene rings is 1. The quantitative estimate of drug-likeness (QED) is 0.552. The van der Waals surface area contributed by atoms with Crippen molar-refractivity contribution in [1.82, 2.24) is 14.5 Å². The third kappa shape index (κ3) is 3.62. The van der Waals surface area contributed by atoms with Gasteiger partial charge < -0.3 is 15.0 Å². The zero-order valence-electron chi connectivity index (χ0n) is 13.8.